The van der Waals surface area contributed by atoms with Gasteiger partial charge < -0.3 is 10.2 Å². The predicted molar refractivity (Wildman–Crippen MR) is 144 cm³/mol. The summed E-state index contributed by atoms with van der Waals surface area (Å²) in [4.78, 5) is 23.9. The standard InChI is InChI=1S/C26H38N4OS.C2H6/c1-20-9-4-5-10-23(20)26-28-24(21(2)32-26)19-30-17-11-22(12-18-30)25(31)27-13-8-16-29-14-6-3-7-15-29;1-2/h4-5,9-10,22H,3,6-8,11-19H2,1-2H3,(H,27,31);1-2H3. The Bertz CT molecular complexity index is 882. The number of aromatic nitrogens is 1. The lowest BCUT2D eigenvalue weighted by Crippen LogP contribution is -2.41. The van der Waals surface area contributed by atoms with Crippen molar-refractivity contribution in [3.05, 3.63) is 40.4 Å². The number of benzene rings is 1. The van der Waals surface area contributed by atoms with Gasteiger partial charge in [-0.3, -0.25) is 9.69 Å². The van der Waals surface area contributed by atoms with E-state index >= 15 is 0 Å². The number of likely N-dealkylation sites (tertiary alicyclic amines) is 2. The molecule has 0 bridgehead atoms. The van der Waals surface area contributed by atoms with Crippen molar-refractivity contribution >= 4 is 17.2 Å². The lowest BCUT2D eigenvalue weighted by atomic mass is 9.95. The zero-order chi connectivity index (χ0) is 24.3. The van der Waals surface area contributed by atoms with E-state index in [1.54, 1.807) is 11.3 Å². The molecule has 3 heterocycles. The summed E-state index contributed by atoms with van der Waals surface area (Å²) < 4.78 is 0. The monoisotopic (exact) mass is 484 g/mol. The first kappa shape index (κ1) is 26.8. The number of nitrogens with one attached hydrogen (secondary N) is 1. The third-order valence-corrected chi connectivity index (χ3v) is 8.05. The van der Waals surface area contributed by atoms with Crippen molar-refractivity contribution in [1.82, 2.24) is 20.1 Å². The molecule has 0 radical (unpaired) electrons. The first-order valence-corrected chi connectivity index (χ1v) is 14.2. The topological polar surface area (TPSA) is 48.5 Å². The molecule has 188 valence electrons. The maximum atomic E-state index is 12.6. The van der Waals surface area contributed by atoms with Crippen LogP contribution < -0.4 is 5.32 Å². The van der Waals surface area contributed by atoms with E-state index in [0.717, 1.165) is 57.0 Å². The lowest BCUT2D eigenvalue weighted by Gasteiger charge is -2.31. The smallest absolute Gasteiger partial charge is 0.223 e. The number of hydrogen-bond donors (Lipinski definition) is 1. The molecule has 0 unspecified atom stereocenters. The Hall–Kier alpha value is -1.76. The number of amides is 1. The van der Waals surface area contributed by atoms with Crippen molar-refractivity contribution in [2.45, 2.75) is 72.8 Å². The first-order valence-electron chi connectivity index (χ1n) is 13.3. The number of piperidine rings is 2. The molecule has 1 aromatic carbocycles. The largest absolute Gasteiger partial charge is 0.356 e. The van der Waals surface area contributed by atoms with E-state index < -0.39 is 0 Å². The highest BCUT2D eigenvalue weighted by Crippen LogP contribution is 2.31. The van der Waals surface area contributed by atoms with E-state index in [1.807, 2.05) is 13.8 Å². The highest BCUT2D eigenvalue weighted by atomic mass is 32.1. The van der Waals surface area contributed by atoms with Crippen molar-refractivity contribution in [2.24, 2.45) is 5.92 Å². The van der Waals surface area contributed by atoms with Crippen molar-refractivity contribution in [3.63, 3.8) is 0 Å². The van der Waals surface area contributed by atoms with Gasteiger partial charge in [-0.1, -0.05) is 44.5 Å². The maximum absolute atomic E-state index is 12.6. The SMILES string of the molecule is CC.Cc1ccccc1-c1nc(CN2CCC(C(=O)NCCCN3CCCCC3)CC2)c(C)s1. The third-order valence-electron chi connectivity index (χ3n) is 7.00. The van der Waals surface area contributed by atoms with E-state index in [4.69, 9.17) is 4.98 Å². The maximum Gasteiger partial charge on any atom is 0.223 e. The van der Waals surface area contributed by atoms with E-state index in [9.17, 15) is 4.79 Å². The number of carbonyl (C=O) groups is 1. The normalized spacial score (nSPS) is 17.8. The zero-order valence-corrected chi connectivity index (χ0v) is 22.6. The molecule has 2 aliphatic heterocycles. The fourth-order valence-corrected chi connectivity index (χ4v) is 5.92. The Morgan fingerprint density at radius 1 is 1.03 bits per heavy atom. The molecule has 2 saturated heterocycles. The van der Waals surface area contributed by atoms with E-state index in [2.05, 4.69) is 53.2 Å². The Morgan fingerprint density at radius 2 is 1.74 bits per heavy atom. The second kappa shape index (κ2) is 14.0. The van der Waals surface area contributed by atoms with Gasteiger partial charge in [0.05, 0.1) is 5.69 Å². The van der Waals surface area contributed by atoms with Gasteiger partial charge >= 0.3 is 0 Å². The average molecular weight is 485 g/mol. The van der Waals surface area contributed by atoms with Crippen molar-refractivity contribution in [3.8, 4) is 10.6 Å². The summed E-state index contributed by atoms with van der Waals surface area (Å²) in [5.74, 6) is 0.426. The first-order chi connectivity index (χ1) is 16.6. The van der Waals surface area contributed by atoms with Crippen molar-refractivity contribution < 1.29 is 4.79 Å². The Labute approximate surface area is 211 Å². The summed E-state index contributed by atoms with van der Waals surface area (Å²) in [6.07, 6.45) is 7.01. The number of hydrogen-bond acceptors (Lipinski definition) is 5. The molecule has 5 nitrogen and oxygen atoms in total. The lowest BCUT2D eigenvalue weighted by molar-refractivity contribution is -0.126. The van der Waals surface area contributed by atoms with Crippen LogP contribution in [0.1, 0.15) is 68.5 Å². The van der Waals surface area contributed by atoms with Crippen LogP contribution in [0, 0.1) is 19.8 Å². The summed E-state index contributed by atoms with van der Waals surface area (Å²) in [5.41, 5.74) is 3.70. The minimum absolute atomic E-state index is 0.167. The molecule has 4 rings (SSSR count). The molecule has 2 aliphatic rings. The number of thiazole rings is 1. The van der Waals surface area contributed by atoms with Gasteiger partial charge in [0, 0.05) is 29.4 Å². The second-order valence-electron chi connectivity index (χ2n) is 9.43. The Balaban J connectivity index is 0.00000158. The highest BCUT2D eigenvalue weighted by Gasteiger charge is 2.25. The molecule has 1 aromatic heterocycles. The van der Waals surface area contributed by atoms with Gasteiger partial charge in [-0.25, -0.2) is 4.98 Å². The van der Waals surface area contributed by atoms with Gasteiger partial charge in [0.15, 0.2) is 0 Å². The van der Waals surface area contributed by atoms with Crippen LogP contribution in [0.2, 0.25) is 0 Å². The van der Waals surface area contributed by atoms with Crippen LogP contribution in [0.5, 0.6) is 0 Å². The number of rotatable bonds is 8. The second-order valence-corrected chi connectivity index (χ2v) is 10.6. The molecule has 0 atom stereocenters. The van der Waals surface area contributed by atoms with Crippen molar-refractivity contribution in [2.75, 3.05) is 39.3 Å². The van der Waals surface area contributed by atoms with E-state index in [-0.39, 0.29) is 11.8 Å². The molecule has 1 N–H and O–H groups in total. The molecule has 0 spiro atoms. The molecular formula is C28H44N4OS. The quantitative estimate of drug-likeness (QED) is 0.491. The molecule has 1 amide bonds. The van der Waals surface area contributed by atoms with Crippen LogP contribution in [-0.4, -0.2) is 60.0 Å². The summed E-state index contributed by atoms with van der Waals surface area (Å²) in [6.45, 7) is 15.6. The Kier molecular flexibility index (Phi) is 11.0. The van der Waals surface area contributed by atoms with E-state index in [1.165, 1.54) is 54.0 Å². The zero-order valence-electron chi connectivity index (χ0n) is 21.7. The van der Waals surface area contributed by atoms with Gasteiger partial charge in [0.2, 0.25) is 5.91 Å². The van der Waals surface area contributed by atoms with E-state index in [0.29, 0.717) is 0 Å². The molecule has 2 aromatic rings. The van der Waals surface area contributed by atoms with Crippen LogP contribution in [0.3, 0.4) is 0 Å². The minimum atomic E-state index is 0.167. The fraction of sp³-hybridized carbons (Fsp3) is 0.643. The van der Waals surface area contributed by atoms with Gasteiger partial charge in [-0.15, -0.1) is 11.3 Å². The van der Waals surface area contributed by atoms with Crippen LogP contribution >= 0.6 is 11.3 Å². The molecular weight excluding hydrogens is 440 g/mol. The average Bonchev–Trinajstić information content (AvgIpc) is 3.24. The van der Waals surface area contributed by atoms with Crippen LogP contribution in [0.15, 0.2) is 24.3 Å². The van der Waals surface area contributed by atoms with Crippen molar-refractivity contribution in [1.29, 1.82) is 0 Å². The summed E-state index contributed by atoms with van der Waals surface area (Å²) >= 11 is 1.79. The summed E-state index contributed by atoms with van der Waals surface area (Å²) in [5, 5.41) is 4.32. The van der Waals surface area contributed by atoms with Gasteiger partial charge in [-0.2, -0.15) is 0 Å². The summed E-state index contributed by atoms with van der Waals surface area (Å²) in [7, 11) is 0. The number of carbonyl (C=O) groups excluding carboxylic acids is 1. The predicted octanol–water partition coefficient (Wildman–Crippen LogP) is 5.66. The fourth-order valence-electron chi connectivity index (χ4n) is 4.91. The van der Waals surface area contributed by atoms with Crippen LogP contribution in [-0.2, 0) is 11.3 Å². The Morgan fingerprint density at radius 3 is 2.44 bits per heavy atom. The molecule has 6 heteroatoms. The molecule has 0 saturated carbocycles. The number of nitrogens with zero attached hydrogens (tertiary/aromatic N) is 3. The molecule has 2 fully saturated rings. The summed E-state index contributed by atoms with van der Waals surface area (Å²) in [6, 6.07) is 8.47. The highest BCUT2D eigenvalue weighted by molar-refractivity contribution is 7.15. The molecule has 0 aliphatic carbocycles. The van der Waals surface area contributed by atoms with Crippen LogP contribution in [0.25, 0.3) is 10.6 Å². The number of aryl methyl sites for hydroxylation is 2. The molecule has 34 heavy (non-hydrogen) atoms. The van der Waals surface area contributed by atoms with Gasteiger partial charge in [0.25, 0.3) is 0 Å². The van der Waals surface area contributed by atoms with Crippen LogP contribution in [0.4, 0.5) is 0 Å². The minimum Gasteiger partial charge on any atom is -0.356 e. The third kappa shape index (κ3) is 7.62. The van der Waals surface area contributed by atoms with Gasteiger partial charge in [0.1, 0.15) is 5.01 Å². The van der Waals surface area contributed by atoms with Gasteiger partial charge in [-0.05, 0) is 84.2 Å².